The lowest BCUT2D eigenvalue weighted by Crippen LogP contribution is -2.28. The van der Waals surface area contributed by atoms with Crippen molar-refractivity contribution in [2.24, 2.45) is 5.73 Å². The van der Waals surface area contributed by atoms with Gasteiger partial charge in [0.15, 0.2) is 0 Å². The van der Waals surface area contributed by atoms with E-state index in [1.54, 1.807) is 24.3 Å². The molecule has 0 radical (unpaired) electrons. The van der Waals surface area contributed by atoms with Crippen LogP contribution < -0.4 is 16.4 Å². The van der Waals surface area contributed by atoms with Crippen LogP contribution in [0.5, 0.6) is 0 Å². The minimum Gasteiger partial charge on any atom is -0.370 e. The first kappa shape index (κ1) is 20.7. The summed E-state index contributed by atoms with van der Waals surface area (Å²) in [6.07, 6.45) is 0.405. The monoisotopic (exact) mass is 407 g/mol. The summed E-state index contributed by atoms with van der Waals surface area (Å²) in [6.45, 7) is 0.122. The number of hydrogen-bond donors (Lipinski definition) is 3. The van der Waals surface area contributed by atoms with Gasteiger partial charge in [0.05, 0.1) is 11.3 Å². The van der Waals surface area contributed by atoms with Crippen molar-refractivity contribution in [3.8, 4) is 11.4 Å². The summed E-state index contributed by atoms with van der Waals surface area (Å²) in [6, 6.07) is 16.0. The number of carbonyl (C=O) groups excluding carboxylic acids is 3. The normalized spacial score (nSPS) is 10.4. The molecule has 0 atom stereocenters. The fourth-order valence-corrected chi connectivity index (χ4v) is 2.68. The van der Waals surface area contributed by atoms with Gasteiger partial charge in [0.25, 0.3) is 5.91 Å². The van der Waals surface area contributed by atoms with Gasteiger partial charge in [0.2, 0.25) is 23.5 Å². The summed E-state index contributed by atoms with van der Waals surface area (Å²) in [5, 5.41) is 9.24. The summed E-state index contributed by atoms with van der Waals surface area (Å²) in [4.78, 5) is 39.7. The molecule has 0 aliphatic carbocycles. The Bertz CT molecular complexity index is 1030. The Balaban J connectivity index is 1.56. The third-order valence-electron chi connectivity index (χ3n) is 4.17. The zero-order valence-corrected chi connectivity index (χ0v) is 16.1. The number of primary amides is 1. The summed E-state index contributed by atoms with van der Waals surface area (Å²) in [5.41, 5.74) is 6.55. The zero-order valence-electron chi connectivity index (χ0n) is 16.1. The maximum atomic E-state index is 12.3. The Labute approximate surface area is 172 Å². The first-order valence-electron chi connectivity index (χ1n) is 9.36. The lowest BCUT2D eigenvalue weighted by molar-refractivity contribution is -0.118. The standard InChI is InChI=1S/C21H21N5O4/c22-17(27)12-13-23-21(29)15-8-4-5-9-16(15)24-18(28)10-11-19-25-20(26-30-19)14-6-2-1-3-7-14/h1-9H,10-13H2,(H2,22,27)(H,23,29)(H,24,28). The number of para-hydroxylation sites is 1. The number of rotatable bonds is 9. The Kier molecular flexibility index (Phi) is 6.88. The molecule has 1 aromatic heterocycles. The second-order valence-corrected chi connectivity index (χ2v) is 6.44. The van der Waals surface area contributed by atoms with Crippen LogP contribution in [0.2, 0.25) is 0 Å². The average molecular weight is 407 g/mol. The molecule has 4 N–H and O–H groups in total. The zero-order chi connectivity index (χ0) is 21.3. The molecule has 2 aromatic carbocycles. The molecule has 0 unspecified atom stereocenters. The molecule has 0 bridgehead atoms. The van der Waals surface area contributed by atoms with Crippen LogP contribution in [0, 0.1) is 0 Å². The summed E-state index contributed by atoms with van der Waals surface area (Å²) in [5.74, 6) is -0.401. The van der Waals surface area contributed by atoms with Crippen LogP contribution in [0.25, 0.3) is 11.4 Å². The fraction of sp³-hybridized carbons (Fsp3) is 0.190. The van der Waals surface area contributed by atoms with E-state index >= 15 is 0 Å². The third-order valence-corrected chi connectivity index (χ3v) is 4.17. The predicted octanol–water partition coefficient (Wildman–Crippen LogP) is 1.91. The minimum atomic E-state index is -0.506. The molecule has 0 saturated heterocycles. The number of amides is 3. The molecular formula is C21H21N5O4. The van der Waals surface area contributed by atoms with E-state index < -0.39 is 11.8 Å². The van der Waals surface area contributed by atoms with E-state index in [1.807, 2.05) is 30.3 Å². The maximum Gasteiger partial charge on any atom is 0.253 e. The number of nitrogens with one attached hydrogen (secondary N) is 2. The van der Waals surface area contributed by atoms with E-state index in [0.717, 1.165) is 5.56 Å². The second-order valence-electron chi connectivity index (χ2n) is 6.44. The lowest BCUT2D eigenvalue weighted by atomic mass is 10.1. The Hall–Kier alpha value is -4.01. The van der Waals surface area contributed by atoms with Crippen molar-refractivity contribution in [2.45, 2.75) is 19.3 Å². The highest BCUT2D eigenvalue weighted by Gasteiger charge is 2.15. The Morgan fingerprint density at radius 1 is 0.967 bits per heavy atom. The Morgan fingerprint density at radius 3 is 2.47 bits per heavy atom. The van der Waals surface area contributed by atoms with Crippen molar-refractivity contribution in [1.82, 2.24) is 15.5 Å². The predicted molar refractivity (Wildman–Crippen MR) is 109 cm³/mol. The van der Waals surface area contributed by atoms with Gasteiger partial charge in [-0.3, -0.25) is 14.4 Å². The molecule has 3 amide bonds. The van der Waals surface area contributed by atoms with Crippen LogP contribution in [0.3, 0.4) is 0 Å². The van der Waals surface area contributed by atoms with E-state index in [9.17, 15) is 14.4 Å². The van der Waals surface area contributed by atoms with E-state index in [-0.39, 0.29) is 31.7 Å². The number of aryl methyl sites for hydroxylation is 1. The number of hydrogen-bond acceptors (Lipinski definition) is 6. The van der Waals surface area contributed by atoms with Crippen LogP contribution in [-0.2, 0) is 16.0 Å². The van der Waals surface area contributed by atoms with Crippen LogP contribution in [-0.4, -0.2) is 34.4 Å². The molecule has 154 valence electrons. The first-order valence-corrected chi connectivity index (χ1v) is 9.36. The van der Waals surface area contributed by atoms with Gasteiger partial charge < -0.3 is 20.9 Å². The van der Waals surface area contributed by atoms with Gasteiger partial charge in [0, 0.05) is 31.4 Å². The summed E-state index contributed by atoms with van der Waals surface area (Å²) in [7, 11) is 0. The van der Waals surface area contributed by atoms with E-state index in [1.165, 1.54) is 0 Å². The highest BCUT2D eigenvalue weighted by atomic mass is 16.5. The number of nitrogens with two attached hydrogens (primary N) is 1. The van der Waals surface area contributed by atoms with Crippen molar-refractivity contribution in [3.05, 3.63) is 66.1 Å². The van der Waals surface area contributed by atoms with Crippen molar-refractivity contribution in [2.75, 3.05) is 11.9 Å². The molecule has 9 heteroatoms. The maximum absolute atomic E-state index is 12.3. The molecule has 0 spiro atoms. The largest absolute Gasteiger partial charge is 0.370 e. The number of benzene rings is 2. The molecule has 1 heterocycles. The molecule has 0 aliphatic rings. The molecule has 3 aromatic rings. The lowest BCUT2D eigenvalue weighted by Gasteiger charge is -2.11. The van der Waals surface area contributed by atoms with E-state index in [2.05, 4.69) is 20.8 Å². The third kappa shape index (κ3) is 5.74. The van der Waals surface area contributed by atoms with Gasteiger partial charge in [-0.15, -0.1) is 0 Å². The second kappa shape index (κ2) is 9.97. The molecule has 0 saturated carbocycles. The van der Waals surface area contributed by atoms with Crippen LogP contribution >= 0.6 is 0 Å². The molecule has 30 heavy (non-hydrogen) atoms. The number of carbonyl (C=O) groups is 3. The highest BCUT2D eigenvalue weighted by molar-refractivity contribution is 6.03. The minimum absolute atomic E-state index is 0.0371. The quantitative estimate of drug-likeness (QED) is 0.495. The average Bonchev–Trinajstić information content (AvgIpc) is 3.22. The van der Waals surface area contributed by atoms with Crippen LogP contribution in [0.15, 0.2) is 59.1 Å². The van der Waals surface area contributed by atoms with Gasteiger partial charge in [-0.2, -0.15) is 4.98 Å². The molecule has 0 fully saturated rings. The SMILES string of the molecule is NC(=O)CCNC(=O)c1ccccc1NC(=O)CCc1nc(-c2ccccc2)no1. The smallest absolute Gasteiger partial charge is 0.253 e. The van der Waals surface area contributed by atoms with Crippen molar-refractivity contribution >= 4 is 23.4 Å². The first-order chi connectivity index (χ1) is 14.5. The fourth-order valence-electron chi connectivity index (χ4n) is 2.68. The van der Waals surface area contributed by atoms with Crippen molar-refractivity contribution < 1.29 is 18.9 Å². The van der Waals surface area contributed by atoms with Gasteiger partial charge in [-0.1, -0.05) is 47.6 Å². The Morgan fingerprint density at radius 2 is 1.70 bits per heavy atom. The van der Waals surface area contributed by atoms with E-state index in [0.29, 0.717) is 23.0 Å². The van der Waals surface area contributed by atoms with Crippen molar-refractivity contribution in [1.29, 1.82) is 0 Å². The van der Waals surface area contributed by atoms with Gasteiger partial charge in [0.1, 0.15) is 0 Å². The molecule has 9 nitrogen and oxygen atoms in total. The van der Waals surface area contributed by atoms with Crippen LogP contribution in [0.4, 0.5) is 5.69 Å². The van der Waals surface area contributed by atoms with Crippen LogP contribution in [0.1, 0.15) is 29.1 Å². The molecule has 0 aliphatic heterocycles. The number of aromatic nitrogens is 2. The molecular weight excluding hydrogens is 386 g/mol. The van der Waals surface area contributed by atoms with Gasteiger partial charge >= 0.3 is 0 Å². The number of anilines is 1. The van der Waals surface area contributed by atoms with Gasteiger partial charge in [-0.25, -0.2) is 0 Å². The molecule has 3 rings (SSSR count). The summed E-state index contributed by atoms with van der Waals surface area (Å²) < 4.78 is 5.20. The van der Waals surface area contributed by atoms with Crippen molar-refractivity contribution in [3.63, 3.8) is 0 Å². The van der Waals surface area contributed by atoms with Gasteiger partial charge in [-0.05, 0) is 12.1 Å². The number of nitrogens with zero attached hydrogens (tertiary/aromatic N) is 2. The summed E-state index contributed by atoms with van der Waals surface area (Å²) >= 11 is 0. The topological polar surface area (TPSA) is 140 Å². The van der Waals surface area contributed by atoms with E-state index in [4.69, 9.17) is 10.3 Å². The highest BCUT2D eigenvalue weighted by Crippen LogP contribution is 2.17.